The van der Waals surface area contributed by atoms with Gasteiger partial charge >= 0.3 is 0 Å². The molecule has 1 rings (SSSR count). The van der Waals surface area contributed by atoms with Crippen molar-refractivity contribution in [2.45, 2.75) is 46.1 Å². The Morgan fingerprint density at radius 3 is 2.58 bits per heavy atom. The monoisotopic (exact) mass is 269 g/mol. The number of nitrogens with zero attached hydrogens (tertiary/aromatic N) is 1. The molecule has 2 atom stereocenters. The second-order valence-corrected chi connectivity index (χ2v) is 6.47. The van der Waals surface area contributed by atoms with Crippen LogP contribution < -0.4 is 11.1 Å². The highest BCUT2D eigenvalue weighted by atomic mass is 16.2. The van der Waals surface area contributed by atoms with E-state index in [-0.39, 0.29) is 29.2 Å². The lowest BCUT2D eigenvalue weighted by Crippen LogP contribution is -2.47. The summed E-state index contributed by atoms with van der Waals surface area (Å²) in [5, 5.41) is 2.66. The molecule has 0 bridgehead atoms. The quantitative estimate of drug-likeness (QED) is 0.793. The first-order chi connectivity index (χ1) is 8.75. The molecule has 0 aromatic heterocycles. The zero-order valence-corrected chi connectivity index (χ0v) is 12.5. The molecule has 1 heterocycles. The van der Waals surface area contributed by atoms with Crippen molar-refractivity contribution in [1.29, 1.82) is 0 Å². The van der Waals surface area contributed by atoms with E-state index in [1.165, 1.54) is 0 Å². The summed E-state index contributed by atoms with van der Waals surface area (Å²) in [5.74, 6) is 0.0159. The third kappa shape index (κ3) is 4.49. The van der Waals surface area contributed by atoms with Gasteiger partial charge in [-0.1, -0.05) is 20.8 Å². The zero-order valence-electron chi connectivity index (χ0n) is 12.5. The van der Waals surface area contributed by atoms with Crippen LogP contribution in [-0.4, -0.2) is 42.9 Å². The third-order valence-electron chi connectivity index (χ3n) is 3.90. The molecule has 1 fully saturated rings. The van der Waals surface area contributed by atoms with Crippen molar-refractivity contribution in [3.05, 3.63) is 0 Å². The number of nitrogens with one attached hydrogen (secondary N) is 1. The number of likely N-dealkylation sites (tertiary alicyclic amines) is 1. The van der Waals surface area contributed by atoms with E-state index >= 15 is 0 Å². The molecule has 0 aromatic carbocycles. The third-order valence-corrected chi connectivity index (χ3v) is 3.90. The zero-order chi connectivity index (χ0) is 14.6. The molecule has 1 aliphatic rings. The Hall–Kier alpha value is -1.10. The van der Waals surface area contributed by atoms with Crippen LogP contribution in [0.3, 0.4) is 0 Å². The van der Waals surface area contributed by atoms with E-state index in [0.29, 0.717) is 13.0 Å². The minimum Gasteiger partial charge on any atom is -0.359 e. The molecule has 3 N–H and O–H groups in total. The smallest absolute Gasteiger partial charge is 0.224 e. The van der Waals surface area contributed by atoms with Gasteiger partial charge in [0.25, 0.3) is 0 Å². The van der Waals surface area contributed by atoms with Crippen LogP contribution in [-0.2, 0) is 9.59 Å². The maximum Gasteiger partial charge on any atom is 0.224 e. The molecule has 0 aromatic rings. The van der Waals surface area contributed by atoms with Gasteiger partial charge < -0.3 is 16.0 Å². The van der Waals surface area contributed by atoms with Crippen molar-refractivity contribution in [2.75, 3.05) is 20.1 Å². The Labute approximate surface area is 115 Å². The second kappa shape index (κ2) is 6.37. The lowest BCUT2D eigenvalue weighted by molar-refractivity contribution is -0.136. The van der Waals surface area contributed by atoms with Crippen LogP contribution in [0.5, 0.6) is 0 Å². The first-order valence-electron chi connectivity index (χ1n) is 7.00. The Balaban J connectivity index is 2.55. The van der Waals surface area contributed by atoms with Crippen LogP contribution in [0.1, 0.15) is 40.0 Å². The Morgan fingerprint density at radius 1 is 1.42 bits per heavy atom. The lowest BCUT2D eigenvalue weighted by atomic mass is 9.85. The number of nitrogens with two attached hydrogens (primary N) is 1. The van der Waals surface area contributed by atoms with Crippen LogP contribution in [0.2, 0.25) is 0 Å². The highest BCUT2D eigenvalue weighted by Crippen LogP contribution is 2.22. The SMILES string of the molecule is CNC(=O)C1CCCN(C(=O)CC(N)C(C)(C)C)C1. The Kier molecular flexibility index (Phi) is 5.35. The Morgan fingerprint density at radius 2 is 2.05 bits per heavy atom. The standard InChI is InChI=1S/C14H27N3O2/c1-14(2,3)11(15)8-12(18)17-7-5-6-10(9-17)13(19)16-4/h10-11H,5-9,15H2,1-4H3,(H,16,19). The van der Waals surface area contributed by atoms with Gasteiger partial charge in [0.1, 0.15) is 0 Å². The van der Waals surface area contributed by atoms with Gasteiger partial charge in [0.05, 0.1) is 5.92 Å². The number of rotatable bonds is 3. The van der Waals surface area contributed by atoms with Crippen LogP contribution in [0.15, 0.2) is 0 Å². The summed E-state index contributed by atoms with van der Waals surface area (Å²) >= 11 is 0. The number of hydrogen-bond acceptors (Lipinski definition) is 3. The minimum absolute atomic E-state index is 0.0256. The fourth-order valence-electron chi connectivity index (χ4n) is 2.25. The first-order valence-corrected chi connectivity index (χ1v) is 7.00. The molecule has 2 amide bonds. The molecule has 0 radical (unpaired) electrons. The van der Waals surface area contributed by atoms with Crippen molar-refractivity contribution in [2.24, 2.45) is 17.1 Å². The van der Waals surface area contributed by atoms with Crippen molar-refractivity contribution in [3.8, 4) is 0 Å². The van der Waals surface area contributed by atoms with Crippen LogP contribution in [0.4, 0.5) is 0 Å². The second-order valence-electron chi connectivity index (χ2n) is 6.47. The number of amides is 2. The molecule has 2 unspecified atom stereocenters. The predicted molar refractivity (Wildman–Crippen MR) is 75.4 cm³/mol. The minimum atomic E-state index is -0.152. The maximum absolute atomic E-state index is 12.2. The highest BCUT2D eigenvalue weighted by Gasteiger charge is 2.30. The summed E-state index contributed by atoms with van der Waals surface area (Å²) in [6, 6.07) is -0.152. The van der Waals surface area contributed by atoms with E-state index < -0.39 is 0 Å². The summed E-state index contributed by atoms with van der Waals surface area (Å²) in [4.78, 5) is 25.7. The molecule has 5 heteroatoms. The molecular weight excluding hydrogens is 242 g/mol. The van der Waals surface area contributed by atoms with Gasteiger partial charge in [0.2, 0.25) is 11.8 Å². The van der Waals surface area contributed by atoms with Gasteiger partial charge in [-0.2, -0.15) is 0 Å². The summed E-state index contributed by atoms with van der Waals surface area (Å²) in [5.41, 5.74) is 5.97. The number of piperidine rings is 1. The molecule has 0 aliphatic carbocycles. The van der Waals surface area contributed by atoms with Crippen molar-refractivity contribution in [1.82, 2.24) is 10.2 Å². The average Bonchev–Trinajstić information content (AvgIpc) is 2.36. The Bertz CT molecular complexity index is 336. The van der Waals surface area contributed by atoms with Crippen molar-refractivity contribution in [3.63, 3.8) is 0 Å². The predicted octanol–water partition coefficient (Wildman–Crippen LogP) is 0.735. The lowest BCUT2D eigenvalue weighted by Gasteiger charge is -2.34. The maximum atomic E-state index is 12.2. The van der Waals surface area contributed by atoms with Gasteiger partial charge in [0.15, 0.2) is 0 Å². The van der Waals surface area contributed by atoms with Gasteiger partial charge in [-0.3, -0.25) is 9.59 Å². The molecule has 5 nitrogen and oxygen atoms in total. The van der Waals surface area contributed by atoms with E-state index in [0.717, 1.165) is 19.4 Å². The molecule has 110 valence electrons. The van der Waals surface area contributed by atoms with E-state index in [1.54, 1.807) is 11.9 Å². The number of carbonyl (C=O) groups is 2. The number of carbonyl (C=O) groups excluding carboxylic acids is 2. The molecule has 19 heavy (non-hydrogen) atoms. The van der Waals surface area contributed by atoms with E-state index in [1.807, 2.05) is 20.8 Å². The highest BCUT2D eigenvalue weighted by molar-refractivity contribution is 5.81. The van der Waals surface area contributed by atoms with Gasteiger partial charge in [-0.25, -0.2) is 0 Å². The number of hydrogen-bond donors (Lipinski definition) is 2. The first kappa shape index (κ1) is 16.0. The van der Waals surface area contributed by atoms with Gasteiger partial charge in [0, 0.05) is 32.6 Å². The fourth-order valence-corrected chi connectivity index (χ4v) is 2.25. The molecule has 1 saturated heterocycles. The topological polar surface area (TPSA) is 75.4 Å². The van der Waals surface area contributed by atoms with Crippen LogP contribution >= 0.6 is 0 Å². The largest absolute Gasteiger partial charge is 0.359 e. The van der Waals surface area contributed by atoms with Crippen molar-refractivity contribution >= 4 is 11.8 Å². The summed E-state index contributed by atoms with van der Waals surface area (Å²) in [6.07, 6.45) is 2.09. The summed E-state index contributed by atoms with van der Waals surface area (Å²) in [7, 11) is 1.64. The van der Waals surface area contributed by atoms with Gasteiger partial charge in [-0.15, -0.1) is 0 Å². The molecule has 0 spiro atoms. The summed E-state index contributed by atoms with van der Waals surface area (Å²) < 4.78 is 0. The van der Waals surface area contributed by atoms with Gasteiger partial charge in [-0.05, 0) is 18.3 Å². The average molecular weight is 269 g/mol. The van der Waals surface area contributed by atoms with Crippen LogP contribution in [0, 0.1) is 11.3 Å². The fraction of sp³-hybridized carbons (Fsp3) is 0.857. The summed E-state index contributed by atoms with van der Waals surface area (Å²) in [6.45, 7) is 7.37. The normalized spacial score (nSPS) is 21.9. The molecule has 0 saturated carbocycles. The van der Waals surface area contributed by atoms with E-state index in [4.69, 9.17) is 5.73 Å². The van der Waals surface area contributed by atoms with E-state index in [2.05, 4.69) is 5.32 Å². The van der Waals surface area contributed by atoms with Crippen molar-refractivity contribution < 1.29 is 9.59 Å². The molecular formula is C14H27N3O2. The van der Waals surface area contributed by atoms with Crippen LogP contribution in [0.25, 0.3) is 0 Å². The molecule has 1 aliphatic heterocycles. The van der Waals surface area contributed by atoms with E-state index in [9.17, 15) is 9.59 Å².